The number of carbonyl (C=O) groups excluding carboxylic acids is 1. The van der Waals surface area contributed by atoms with Gasteiger partial charge in [-0.05, 0) is 30.2 Å². The summed E-state index contributed by atoms with van der Waals surface area (Å²) in [6.07, 6.45) is 3.63. The molecule has 1 heterocycles. The highest BCUT2D eigenvalue weighted by Crippen LogP contribution is 2.37. The fraction of sp³-hybridized carbons (Fsp3) is 0.200. The summed E-state index contributed by atoms with van der Waals surface area (Å²) in [6.45, 7) is 1.98. The van der Waals surface area contributed by atoms with E-state index in [0.29, 0.717) is 5.02 Å². The lowest BCUT2D eigenvalue weighted by Gasteiger charge is -2.21. The van der Waals surface area contributed by atoms with E-state index in [9.17, 15) is 4.79 Å². The predicted molar refractivity (Wildman–Crippen MR) is 107 cm³/mol. The van der Waals surface area contributed by atoms with Crippen molar-refractivity contribution < 1.29 is 4.79 Å². The third kappa shape index (κ3) is 3.79. The van der Waals surface area contributed by atoms with Crippen molar-refractivity contribution in [3.8, 4) is 5.69 Å². The van der Waals surface area contributed by atoms with Crippen molar-refractivity contribution in [3.63, 3.8) is 0 Å². The molecule has 1 unspecified atom stereocenters. The van der Waals surface area contributed by atoms with E-state index in [1.807, 2.05) is 66.2 Å². The maximum Gasteiger partial charge on any atom is 0.240 e. The first-order valence-electron chi connectivity index (χ1n) is 8.20. The molecule has 0 bridgehead atoms. The van der Waals surface area contributed by atoms with Gasteiger partial charge >= 0.3 is 0 Å². The molecular weight excluding hydrogens is 366 g/mol. The minimum atomic E-state index is -0.369. The SMILES string of the molecule is Cc1c(Cl)cccc1-n1ccnc1SC(C(=O)N(C)C)c1ccccc1. The molecule has 2 aromatic carbocycles. The number of halogens is 1. The van der Waals surface area contributed by atoms with Crippen molar-refractivity contribution in [1.82, 2.24) is 14.5 Å². The average molecular weight is 386 g/mol. The third-order valence-electron chi connectivity index (χ3n) is 4.10. The zero-order valence-corrected chi connectivity index (χ0v) is 16.5. The van der Waals surface area contributed by atoms with E-state index in [0.717, 1.165) is 22.0 Å². The summed E-state index contributed by atoms with van der Waals surface area (Å²) in [5.74, 6) is 0.0265. The topological polar surface area (TPSA) is 38.1 Å². The molecule has 0 aliphatic carbocycles. The highest BCUT2D eigenvalue weighted by molar-refractivity contribution is 8.00. The number of carbonyl (C=O) groups is 1. The largest absolute Gasteiger partial charge is 0.348 e. The summed E-state index contributed by atoms with van der Waals surface area (Å²) in [4.78, 5) is 18.9. The first-order valence-corrected chi connectivity index (χ1v) is 9.46. The van der Waals surface area contributed by atoms with Crippen LogP contribution >= 0.6 is 23.4 Å². The number of amides is 1. The number of rotatable bonds is 5. The molecule has 26 heavy (non-hydrogen) atoms. The molecule has 0 spiro atoms. The zero-order chi connectivity index (χ0) is 18.7. The number of hydrogen-bond acceptors (Lipinski definition) is 3. The first kappa shape index (κ1) is 18.5. The molecule has 0 aliphatic rings. The van der Waals surface area contributed by atoms with E-state index in [1.165, 1.54) is 11.8 Å². The molecule has 0 fully saturated rings. The zero-order valence-electron chi connectivity index (χ0n) is 14.9. The average Bonchev–Trinajstić information content (AvgIpc) is 3.10. The molecule has 0 radical (unpaired) electrons. The lowest BCUT2D eigenvalue weighted by atomic mass is 10.1. The maximum absolute atomic E-state index is 12.8. The van der Waals surface area contributed by atoms with E-state index in [4.69, 9.17) is 11.6 Å². The van der Waals surface area contributed by atoms with Gasteiger partial charge in [-0.3, -0.25) is 9.36 Å². The van der Waals surface area contributed by atoms with Gasteiger partial charge < -0.3 is 4.90 Å². The van der Waals surface area contributed by atoms with Crippen molar-refractivity contribution in [2.75, 3.05) is 14.1 Å². The molecule has 3 rings (SSSR count). The van der Waals surface area contributed by atoms with E-state index < -0.39 is 0 Å². The highest BCUT2D eigenvalue weighted by atomic mass is 35.5. The number of hydrogen-bond donors (Lipinski definition) is 0. The second kappa shape index (κ2) is 7.98. The van der Waals surface area contributed by atoms with Crippen LogP contribution in [0.15, 0.2) is 66.1 Å². The molecule has 134 valence electrons. The van der Waals surface area contributed by atoms with Gasteiger partial charge in [-0.2, -0.15) is 0 Å². The Morgan fingerprint density at radius 1 is 1.15 bits per heavy atom. The van der Waals surface area contributed by atoms with Gasteiger partial charge in [0.1, 0.15) is 5.25 Å². The number of imidazole rings is 1. The van der Waals surface area contributed by atoms with Gasteiger partial charge in [-0.1, -0.05) is 59.8 Å². The Balaban J connectivity index is 2.00. The van der Waals surface area contributed by atoms with Crippen LogP contribution in [-0.4, -0.2) is 34.5 Å². The Kier molecular flexibility index (Phi) is 5.69. The van der Waals surface area contributed by atoms with E-state index >= 15 is 0 Å². The van der Waals surface area contributed by atoms with Crippen molar-refractivity contribution in [2.24, 2.45) is 0 Å². The first-order chi connectivity index (χ1) is 12.5. The van der Waals surface area contributed by atoms with E-state index in [2.05, 4.69) is 4.98 Å². The van der Waals surface area contributed by atoms with Crippen LogP contribution in [0.4, 0.5) is 0 Å². The molecule has 1 amide bonds. The van der Waals surface area contributed by atoms with Crippen LogP contribution < -0.4 is 0 Å². The normalized spacial score (nSPS) is 12.0. The predicted octanol–water partition coefficient (Wildman–Crippen LogP) is 4.76. The third-order valence-corrected chi connectivity index (χ3v) is 5.73. The number of thioether (sulfide) groups is 1. The lowest BCUT2D eigenvalue weighted by molar-refractivity contribution is -0.128. The number of aromatic nitrogens is 2. The van der Waals surface area contributed by atoms with Crippen LogP contribution in [0.25, 0.3) is 5.69 Å². The van der Waals surface area contributed by atoms with E-state index in [-0.39, 0.29) is 11.2 Å². The molecule has 1 atom stereocenters. The molecule has 0 saturated carbocycles. The molecule has 4 nitrogen and oxygen atoms in total. The molecule has 0 saturated heterocycles. The Morgan fingerprint density at radius 2 is 1.88 bits per heavy atom. The molecule has 1 aromatic heterocycles. The second-order valence-corrected chi connectivity index (χ2v) is 7.58. The molecule has 3 aromatic rings. The summed E-state index contributed by atoms with van der Waals surface area (Å²) in [6, 6.07) is 15.6. The van der Waals surface area contributed by atoms with Gasteiger partial charge in [0, 0.05) is 31.5 Å². The summed E-state index contributed by atoms with van der Waals surface area (Å²) < 4.78 is 1.98. The Hall–Kier alpha value is -2.24. The van der Waals surface area contributed by atoms with Crippen molar-refractivity contribution >= 4 is 29.3 Å². The van der Waals surface area contributed by atoms with Crippen LogP contribution in [0.2, 0.25) is 5.02 Å². The molecule has 6 heteroatoms. The summed E-state index contributed by atoms with van der Waals surface area (Å²) in [5, 5.41) is 1.09. The fourth-order valence-corrected chi connectivity index (χ4v) is 4.03. The van der Waals surface area contributed by atoms with Gasteiger partial charge in [0.05, 0.1) is 5.69 Å². The maximum atomic E-state index is 12.8. The van der Waals surface area contributed by atoms with Crippen LogP contribution in [0, 0.1) is 6.92 Å². The minimum Gasteiger partial charge on any atom is -0.348 e. The number of nitrogens with zero attached hydrogens (tertiary/aromatic N) is 3. The van der Waals surface area contributed by atoms with Crippen LogP contribution in [-0.2, 0) is 4.79 Å². The monoisotopic (exact) mass is 385 g/mol. The highest BCUT2D eigenvalue weighted by Gasteiger charge is 2.26. The molecule has 0 aliphatic heterocycles. The Labute approximate surface area is 162 Å². The summed E-state index contributed by atoms with van der Waals surface area (Å²) >= 11 is 7.71. The minimum absolute atomic E-state index is 0.0265. The van der Waals surface area contributed by atoms with Crippen molar-refractivity contribution in [3.05, 3.63) is 77.1 Å². The van der Waals surface area contributed by atoms with Crippen LogP contribution in [0.3, 0.4) is 0 Å². The van der Waals surface area contributed by atoms with Gasteiger partial charge in [0.25, 0.3) is 0 Å². The molecule has 0 N–H and O–H groups in total. The summed E-state index contributed by atoms with van der Waals surface area (Å²) in [5.41, 5.74) is 2.89. The summed E-state index contributed by atoms with van der Waals surface area (Å²) in [7, 11) is 3.54. The second-order valence-electron chi connectivity index (χ2n) is 6.11. The van der Waals surface area contributed by atoms with Gasteiger partial charge in [0.2, 0.25) is 5.91 Å². The lowest BCUT2D eigenvalue weighted by Crippen LogP contribution is -2.27. The van der Waals surface area contributed by atoms with Crippen molar-refractivity contribution in [2.45, 2.75) is 17.3 Å². The van der Waals surface area contributed by atoms with Crippen LogP contribution in [0.5, 0.6) is 0 Å². The van der Waals surface area contributed by atoms with Gasteiger partial charge in [-0.25, -0.2) is 4.98 Å². The molecular formula is C20H20ClN3OS. The standard InChI is InChI=1S/C20H20ClN3OS/c1-14-16(21)10-7-11-17(14)24-13-12-22-20(24)26-18(19(25)23(2)3)15-8-5-4-6-9-15/h4-13,18H,1-3H3. The number of benzene rings is 2. The van der Waals surface area contributed by atoms with E-state index in [1.54, 1.807) is 25.2 Å². The van der Waals surface area contributed by atoms with Crippen LogP contribution in [0.1, 0.15) is 16.4 Å². The Bertz CT molecular complexity index is 908. The quantitative estimate of drug-likeness (QED) is 0.594. The van der Waals surface area contributed by atoms with Crippen molar-refractivity contribution in [1.29, 1.82) is 0 Å². The van der Waals surface area contributed by atoms with Gasteiger partial charge in [-0.15, -0.1) is 0 Å². The number of likely N-dealkylation sites (N-methyl/N-ethyl adjacent to an activating group) is 1. The Morgan fingerprint density at radius 3 is 2.58 bits per heavy atom. The smallest absolute Gasteiger partial charge is 0.240 e. The fourth-order valence-electron chi connectivity index (χ4n) is 2.65. The van der Waals surface area contributed by atoms with Gasteiger partial charge in [0.15, 0.2) is 5.16 Å².